The predicted molar refractivity (Wildman–Crippen MR) is 126 cm³/mol. The summed E-state index contributed by atoms with van der Waals surface area (Å²) in [6.07, 6.45) is 3.95. The minimum atomic E-state index is -0.191. The number of aryl methyl sites for hydroxylation is 1. The van der Waals surface area contributed by atoms with E-state index in [0.717, 1.165) is 36.4 Å². The number of thioether (sulfide) groups is 1. The summed E-state index contributed by atoms with van der Waals surface area (Å²) in [6.45, 7) is 7.03. The molecule has 2 aromatic carbocycles. The van der Waals surface area contributed by atoms with Gasteiger partial charge in [-0.3, -0.25) is 9.69 Å². The summed E-state index contributed by atoms with van der Waals surface area (Å²) in [6, 6.07) is 11.9. The van der Waals surface area contributed by atoms with Gasteiger partial charge in [0.25, 0.3) is 5.91 Å². The number of carbonyl (C=O) groups is 1. The minimum absolute atomic E-state index is 0.0770. The highest BCUT2D eigenvalue weighted by atomic mass is 32.2. The van der Waals surface area contributed by atoms with Gasteiger partial charge in [-0.15, -0.1) is 0 Å². The second-order valence-electron chi connectivity index (χ2n) is 7.28. The number of ether oxygens (including phenoxy) is 2. The van der Waals surface area contributed by atoms with Gasteiger partial charge in [0.05, 0.1) is 7.11 Å². The quantitative estimate of drug-likeness (QED) is 0.668. The Bertz CT molecular complexity index is 892. The van der Waals surface area contributed by atoms with Crippen LogP contribution in [-0.4, -0.2) is 49.1 Å². The number of hydrogen-bond donors (Lipinski definition) is 1. The van der Waals surface area contributed by atoms with E-state index >= 15 is 0 Å². The molecule has 2 aromatic rings. The summed E-state index contributed by atoms with van der Waals surface area (Å²) in [7, 11) is 1.59. The van der Waals surface area contributed by atoms with Crippen LogP contribution in [0.2, 0.25) is 0 Å². The molecule has 1 aliphatic heterocycles. The summed E-state index contributed by atoms with van der Waals surface area (Å²) < 4.78 is 11.1. The molecule has 1 fully saturated rings. The van der Waals surface area contributed by atoms with E-state index in [-0.39, 0.29) is 12.5 Å². The molecule has 160 valence electrons. The number of methoxy groups -OCH3 is 1. The third-order valence-corrected chi connectivity index (χ3v) is 5.93. The molecule has 0 aliphatic carbocycles. The van der Waals surface area contributed by atoms with Gasteiger partial charge in [-0.05, 0) is 48.7 Å². The number of amides is 1. The molecular weight excluding hydrogens is 396 g/mol. The summed E-state index contributed by atoms with van der Waals surface area (Å²) >= 11 is 2.01. The van der Waals surface area contributed by atoms with Crippen LogP contribution in [0.3, 0.4) is 0 Å². The fourth-order valence-corrected chi connectivity index (χ4v) is 4.33. The van der Waals surface area contributed by atoms with Gasteiger partial charge in [0.1, 0.15) is 0 Å². The zero-order valence-electron chi connectivity index (χ0n) is 17.9. The van der Waals surface area contributed by atoms with E-state index in [4.69, 9.17) is 9.47 Å². The number of nitrogens with zero attached hydrogens (tertiary/aromatic N) is 1. The molecule has 1 N–H and O–H groups in total. The van der Waals surface area contributed by atoms with Crippen LogP contribution in [0.5, 0.6) is 11.5 Å². The highest BCUT2D eigenvalue weighted by molar-refractivity contribution is 7.99. The molecular formula is C24H30N2O3S. The van der Waals surface area contributed by atoms with Crippen LogP contribution in [0.15, 0.2) is 42.5 Å². The van der Waals surface area contributed by atoms with Crippen molar-refractivity contribution in [2.75, 3.05) is 43.6 Å². The first-order chi connectivity index (χ1) is 14.6. The molecule has 6 heteroatoms. The molecule has 1 amide bonds. The molecule has 0 bridgehead atoms. The Balaban J connectivity index is 1.60. The molecule has 0 radical (unpaired) electrons. The van der Waals surface area contributed by atoms with Gasteiger partial charge >= 0.3 is 0 Å². The lowest BCUT2D eigenvalue weighted by atomic mass is 10.1. The maximum absolute atomic E-state index is 12.5. The van der Waals surface area contributed by atoms with Crippen molar-refractivity contribution in [3.05, 3.63) is 59.2 Å². The third kappa shape index (κ3) is 6.28. The fourth-order valence-electron chi connectivity index (χ4n) is 3.35. The average Bonchev–Trinajstić information content (AvgIpc) is 2.76. The smallest absolute Gasteiger partial charge is 0.262 e. The van der Waals surface area contributed by atoms with Gasteiger partial charge in [0.2, 0.25) is 0 Å². The van der Waals surface area contributed by atoms with E-state index in [1.807, 2.05) is 56.0 Å². The lowest BCUT2D eigenvalue weighted by Gasteiger charge is -2.26. The first-order valence-corrected chi connectivity index (χ1v) is 11.4. The number of benzene rings is 2. The summed E-state index contributed by atoms with van der Waals surface area (Å²) in [5, 5.41) is 2.99. The molecule has 0 saturated carbocycles. The zero-order chi connectivity index (χ0) is 21.3. The van der Waals surface area contributed by atoms with Gasteiger partial charge in [-0.25, -0.2) is 0 Å². The van der Waals surface area contributed by atoms with Crippen molar-refractivity contribution in [2.24, 2.45) is 0 Å². The minimum Gasteiger partial charge on any atom is -0.493 e. The van der Waals surface area contributed by atoms with Crippen molar-refractivity contribution >= 4 is 29.4 Å². The van der Waals surface area contributed by atoms with Gasteiger partial charge in [0.15, 0.2) is 18.1 Å². The molecule has 1 saturated heterocycles. The molecule has 0 aromatic heterocycles. The van der Waals surface area contributed by atoms with E-state index in [1.165, 1.54) is 17.1 Å². The maximum atomic E-state index is 12.5. The van der Waals surface area contributed by atoms with Crippen molar-refractivity contribution in [3.63, 3.8) is 0 Å². The van der Waals surface area contributed by atoms with Crippen LogP contribution in [0.1, 0.15) is 23.6 Å². The van der Waals surface area contributed by atoms with E-state index < -0.39 is 0 Å². The molecule has 0 spiro atoms. The van der Waals surface area contributed by atoms with Crippen molar-refractivity contribution in [2.45, 2.75) is 20.4 Å². The van der Waals surface area contributed by atoms with Crippen molar-refractivity contribution < 1.29 is 14.3 Å². The molecule has 0 unspecified atom stereocenters. The molecule has 0 atom stereocenters. The Labute approximate surface area is 183 Å². The van der Waals surface area contributed by atoms with Crippen LogP contribution in [-0.2, 0) is 11.3 Å². The van der Waals surface area contributed by atoms with Gasteiger partial charge < -0.3 is 14.8 Å². The highest BCUT2D eigenvalue weighted by Gasteiger charge is 2.13. The zero-order valence-corrected chi connectivity index (χ0v) is 18.8. The Kier molecular flexibility index (Phi) is 8.22. The number of hydrogen-bond acceptors (Lipinski definition) is 5. The lowest BCUT2D eigenvalue weighted by molar-refractivity contribution is -0.118. The monoisotopic (exact) mass is 426 g/mol. The average molecular weight is 427 g/mol. The summed E-state index contributed by atoms with van der Waals surface area (Å²) in [5.74, 6) is 3.34. The van der Waals surface area contributed by atoms with E-state index in [1.54, 1.807) is 7.11 Å². The van der Waals surface area contributed by atoms with E-state index in [2.05, 4.69) is 28.4 Å². The largest absolute Gasteiger partial charge is 0.493 e. The molecule has 1 aliphatic rings. The number of carbonyl (C=O) groups excluding carboxylic acids is 1. The third-order valence-electron chi connectivity index (χ3n) is 4.99. The normalized spacial score (nSPS) is 14.6. The number of rotatable bonds is 8. The SMILES string of the molecule is C/C=C/c1ccc(OCC(=O)Nc2cc(CN3CCSCC3)ccc2C)c(OC)c1. The van der Waals surface area contributed by atoms with Crippen LogP contribution in [0.4, 0.5) is 5.69 Å². The van der Waals surface area contributed by atoms with Crippen molar-refractivity contribution in [3.8, 4) is 11.5 Å². The van der Waals surface area contributed by atoms with Gasteiger partial charge in [-0.2, -0.15) is 11.8 Å². The molecule has 1 heterocycles. The van der Waals surface area contributed by atoms with Crippen LogP contribution < -0.4 is 14.8 Å². The first-order valence-electron chi connectivity index (χ1n) is 10.2. The second kappa shape index (κ2) is 11.1. The highest BCUT2D eigenvalue weighted by Crippen LogP contribution is 2.28. The molecule has 3 rings (SSSR count). The Morgan fingerprint density at radius 3 is 2.70 bits per heavy atom. The Hall–Kier alpha value is -2.44. The Morgan fingerprint density at radius 2 is 1.97 bits per heavy atom. The van der Waals surface area contributed by atoms with Crippen molar-refractivity contribution in [1.82, 2.24) is 4.90 Å². The van der Waals surface area contributed by atoms with Crippen LogP contribution >= 0.6 is 11.8 Å². The Morgan fingerprint density at radius 1 is 1.17 bits per heavy atom. The van der Waals surface area contributed by atoms with E-state index in [0.29, 0.717) is 11.5 Å². The lowest BCUT2D eigenvalue weighted by Crippen LogP contribution is -2.32. The summed E-state index contributed by atoms with van der Waals surface area (Å²) in [5.41, 5.74) is 4.10. The maximum Gasteiger partial charge on any atom is 0.262 e. The van der Waals surface area contributed by atoms with Gasteiger partial charge in [0, 0.05) is 36.8 Å². The number of allylic oxidation sites excluding steroid dienone is 1. The topological polar surface area (TPSA) is 50.8 Å². The first kappa shape index (κ1) is 22.2. The van der Waals surface area contributed by atoms with Crippen LogP contribution in [0.25, 0.3) is 6.08 Å². The van der Waals surface area contributed by atoms with Gasteiger partial charge in [-0.1, -0.05) is 30.4 Å². The fraction of sp³-hybridized carbons (Fsp3) is 0.375. The molecule has 30 heavy (non-hydrogen) atoms. The van der Waals surface area contributed by atoms with Crippen molar-refractivity contribution in [1.29, 1.82) is 0 Å². The predicted octanol–water partition coefficient (Wildman–Crippen LogP) is 4.60. The number of nitrogens with one attached hydrogen (secondary N) is 1. The second-order valence-corrected chi connectivity index (χ2v) is 8.51. The standard InChI is InChI=1S/C24H30N2O3S/c1-4-5-19-8-9-22(23(15-19)28-3)29-17-24(27)25-21-14-20(7-6-18(21)2)16-26-10-12-30-13-11-26/h4-9,14-15H,10-13,16-17H2,1-3H3,(H,25,27)/b5-4+. The molecule has 5 nitrogen and oxygen atoms in total. The number of anilines is 1. The van der Waals surface area contributed by atoms with E-state index in [9.17, 15) is 4.79 Å². The summed E-state index contributed by atoms with van der Waals surface area (Å²) in [4.78, 5) is 15.0. The van der Waals surface area contributed by atoms with Crippen LogP contribution in [0, 0.1) is 6.92 Å².